The van der Waals surface area contributed by atoms with Gasteiger partial charge in [-0.2, -0.15) is 0 Å². The fourth-order valence-corrected chi connectivity index (χ4v) is 2.65. The minimum atomic E-state index is -0.163. The summed E-state index contributed by atoms with van der Waals surface area (Å²) in [5.74, 6) is -0.163. The van der Waals surface area contributed by atoms with Crippen molar-refractivity contribution >= 4 is 0 Å². The van der Waals surface area contributed by atoms with E-state index >= 15 is 0 Å². The van der Waals surface area contributed by atoms with Gasteiger partial charge in [0.1, 0.15) is 5.82 Å². The van der Waals surface area contributed by atoms with Gasteiger partial charge in [-0.05, 0) is 60.7 Å². The van der Waals surface area contributed by atoms with Gasteiger partial charge in [0.05, 0.1) is 0 Å². The number of likely N-dealkylation sites (N-methyl/N-ethyl adjacent to an activating group) is 1. The van der Waals surface area contributed by atoms with Gasteiger partial charge in [0, 0.05) is 6.04 Å². The summed E-state index contributed by atoms with van der Waals surface area (Å²) < 4.78 is 13.2. The van der Waals surface area contributed by atoms with Crippen molar-refractivity contribution in [2.45, 2.75) is 39.7 Å². The first-order chi connectivity index (χ1) is 10.1. The van der Waals surface area contributed by atoms with Gasteiger partial charge in [-0.1, -0.05) is 44.2 Å². The van der Waals surface area contributed by atoms with Gasteiger partial charge in [0.15, 0.2) is 0 Å². The van der Waals surface area contributed by atoms with E-state index in [1.807, 2.05) is 13.0 Å². The van der Waals surface area contributed by atoms with Crippen LogP contribution in [-0.2, 0) is 12.8 Å². The largest absolute Gasteiger partial charge is 0.310 e. The molecule has 0 aliphatic carbocycles. The van der Waals surface area contributed by atoms with E-state index in [1.54, 1.807) is 12.1 Å². The van der Waals surface area contributed by atoms with Crippen LogP contribution >= 0.6 is 0 Å². The maximum atomic E-state index is 13.2. The van der Waals surface area contributed by atoms with Gasteiger partial charge in [-0.3, -0.25) is 0 Å². The lowest BCUT2D eigenvalue weighted by atomic mass is 9.95. The zero-order chi connectivity index (χ0) is 15.2. The molecule has 1 atom stereocenters. The molecular weight excluding hydrogens is 261 g/mol. The summed E-state index contributed by atoms with van der Waals surface area (Å²) in [5.41, 5.74) is 4.86. The Morgan fingerprint density at radius 1 is 1.05 bits per heavy atom. The summed E-state index contributed by atoms with van der Waals surface area (Å²) in [6, 6.07) is 14.1. The number of rotatable bonds is 6. The molecule has 1 unspecified atom stereocenters. The molecule has 2 aromatic rings. The Morgan fingerprint density at radius 2 is 1.76 bits per heavy atom. The van der Waals surface area contributed by atoms with E-state index < -0.39 is 0 Å². The quantitative estimate of drug-likeness (QED) is 0.818. The number of aryl methyl sites for hydroxylation is 2. The van der Waals surface area contributed by atoms with E-state index in [4.69, 9.17) is 0 Å². The Balaban J connectivity index is 2.21. The lowest BCUT2D eigenvalue weighted by Gasteiger charge is -2.20. The van der Waals surface area contributed by atoms with Gasteiger partial charge >= 0.3 is 0 Å². The van der Waals surface area contributed by atoms with Gasteiger partial charge in [-0.25, -0.2) is 4.39 Å². The van der Waals surface area contributed by atoms with Crippen molar-refractivity contribution in [1.29, 1.82) is 0 Å². The number of benzene rings is 2. The van der Waals surface area contributed by atoms with E-state index in [9.17, 15) is 4.39 Å². The van der Waals surface area contributed by atoms with Crippen LogP contribution in [0.5, 0.6) is 0 Å². The van der Waals surface area contributed by atoms with Crippen LogP contribution in [0.2, 0.25) is 0 Å². The van der Waals surface area contributed by atoms with Crippen molar-refractivity contribution in [2.24, 2.45) is 0 Å². The third-order valence-electron chi connectivity index (χ3n) is 3.97. The molecule has 0 aliphatic heterocycles. The molecule has 1 nitrogen and oxygen atoms in total. The van der Waals surface area contributed by atoms with E-state index in [-0.39, 0.29) is 11.9 Å². The van der Waals surface area contributed by atoms with Crippen LogP contribution in [0.1, 0.15) is 42.1 Å². The highest BCUT2D eigenvalue weighted by Crippen LogP contribution is 2.22. The summed E-state index contributed by atoms with van der Waals surface area (Å²) >= 11 is 0. The zero-order valence-corrected chi connectivity index (χ0v) is 13.1. The van der Waals surface area contributed by atoms with Crippen LogP contribution in [0.3, 0.4) is 0 Å². The standard InChI is InChI=1S/C19H24FN/c1-4-15-6-8-16(9-7-15)19(21-5-2)13-17-10-11-18(20)12-14(17)3/h6-12,19,21H,4-5,13H2,1-3H3. The summed E-state index contributed by atoms with van der Waals surface area (Å²) in [6.45, 7) is 7.17. The average Bonchev–Trinajstić information content (AvgIpc) is 2.49. The Hall–Kier alpha value is -1.67. The normalized spacial score (nSPS) is 12.4. The predicted octanol–water partition coefficient (Wildman–Crippen LogP) is 4.59. The van der Waals surface area contributed by atoms with Crippen LogP contribution < -0.4 is 5.32 Å². The summed E-state index contributed by atoms with van der Waals surface area (Å²) in [6.07, 6.45) is 1.94. The summed E-state index contributed by atoms with van der Waals surface area (Å²) in [7, 11) is 0. The molecule has 0 heterocycles. The molecule has 0 saturated carbocycles. The fraction of sp³-hybridized carbons (Fsp3) is 0.368. The first-order valence-corrected chi connectivity index (χ1v) is 7.71. The van der Waals surface area contributed by atoms with Crippen molar-refractivity contribution in [3.8, 4) is 0 Å². The highest BCUT2D eigenvalue weighted by molar-refractivity contribution is 5.31. The Labute approximate surface area is 127 Å². The second-order valence-corrected chi connectivity index (χ2v) is 5.48. The molecule has 1 N–H and O–H groups in total. The van der Waals surface area contributed by atoms with Crippen molar-refractivity contribution in [1.82, 2.24) is 5.32 Å². The second kappa shape index (κ2) is 7.37. The van der Waals surface area contributed by atoms with Crippen molar-refractivity contribution < 1.29 is 4.39 Å². The third kappa shape index (κ3) is 4.15. The number of hydrogen-bond acceptors (Lipinski definition) is 1. The Bertz CT molecular complexity index is 575. The van der Waals surface area contributed by atoms with E-state index in [1.165, 1.54) is 16.7 Å². The molecule has 2 aromatic carbocycles. The molecule has 0 radical (unpaired) electrons. The fourth-order valence-electron chi connectivity index (χ4n) is 2.65. The van der Waals surface area contributed by atoms with Crippen molar-refractivity contribution in [3.05, 3.63) is 70.5 Å². The first-order valence-electron chi connectivity index (χ1n) is 7.71. The second-order valence-electron chi connectivity index (χ2n) is 5.48. The molecule has 0 bridgehead atoms. The summed E-state index contributed by atoms with van der Waals surface area (Å²) in [5, 5.41) is 3.53. The molecule has 0 aromatic heterocycles. The number of nitrogens with one attached hydrogen (secondary N) is 1. The first kappa shape index (κ1) is 15.7. The average molecular weight is 285 g/mol. The zero-order valence-electron chi connectivity index (χ0n) is 13.1. The molecular formula is C19H24FN. The van der Waals surface area contributed by atoms with E-state index in [0.29, 0.717) is 0 Å². The van der Waals surface area contributed by atoms with Crippen LogP contribution in [0.25, 0.3) is 0 Å². The van der Waals surface area contributed by atoms with Crippen molar-refractivity contribution in [3.63, 3.8) is 0 Å². The van der Waals surface area contributed by atoms with Gasteiger partial charge in [0.2, 0.25) is 0 Å². The van der Waals surface area contributed by atoms with E-state index in [2.05, 4.69) is 43.4 Å². The predicted molar refractivity (Wildman–Crippen MR) is 87.1 cm³/mol. The molecule has 21 heavy (non-hydrogen) atoms. The van der Waals surface area contributed by atoms with Crippen LogP contribution in [0.15, 0.2) is 42.5 Å². The van der Waals surface area contributed by atoms with Gasteiger partial charge in [-0.15, -0.1) is 0 Å². The minimum absolute atomic E-state index is 0.163. The molecule has 0 saturated heterocycles. The lowest BCUT2D eigenvalue weighted by molar-refractivity contribution is 0.547. The van der Waals surface area contributed by atoms with Crippen LogP contribution in [-0.4, -0.2) is 6.54 Å². The highest BCUT2D eigenvalue weighted by Gasteiger charge is 2.12. The van der Waals surface area contributed by atoms with Crippen LogP contribution in [0.4, 0.5) is 4.39 Å². The lowest BCUT2D eigenvalue weighted by Crippen LogP contribution is -2.23. The molecule has 112 valence electrons. The third-order valence-corrected chi connectivity index (χ3v) is 3.97. The maximum absolute atomic E-state index is 13.2. The molecule has 0 fully saturated rings. The van der Waals surface area contributed by atoms with Crippen molar-refractivity contribution in [2.75, 3.05) is 6.54 Å². The minimum Gasteiger partial charge on any atom is -0.310 e. The summed E-state index contributed by atoms with van der Waals surface area (Å²) in [4.78, 5) is 0. The Morgan fingerprint density at radius 3 is 2.33 bits per heavy atom. The molecule has 0 spiro atoms. The number of hydrogen-bond donors (Lipinski definition) is 1. The molecule has 0 aliphatic rings. The van der Waals surface area contributed by atoms with Gasteiger partial charge in [0.25, 0.3) is 0 Å². The van der Waals surface area contributed by atoms with E-state index in [0.717, 1.165) is 24.9 Å². The number of halogens is 1. The molecule has 2 heteroatoms. The van der Waals surface area contributed by atoms with Crippen LogP contribution in [0, 0.1) is 12.7 Å². The highest BCUT2D eigenvalue weighted by atomic mass is 19.1. The molecule has 2 rings (SSSR count). The monoisotopic (exact) mass is 285 g/mol. The SMILES string of the molecule is CCNC(Cc1ccc(F)cc1C)c1ccc(CC)cc1. The topological polar surface area (TPSA) is 12.0 Å². The Kier molecular flexibility index (Phi) is 5.51. The van der Waals surface area contributed by atoms with Gasteiger partial charge < -0.3 is 5.32 Å². The molecule has 0 amide bonds. The smallest absolute Gasteiger partial charge is 0.123 e. The maximum Gasteiger partial charge on any atom is 0.123 e.